The van der Waals surface area contributed by atoms with Gasteiger partial charge in [-0.25, -0.2) is 9.97 Å². The van der Waals surface area contributed by atoms with Gasteiger partial charge in [0.2, 0.25) is 0 Å². The molecule has 0 aliphatic carbocycles. The fraction of sp³-hybridized carbons (Fsp3) is 0.421. The first-order valence-corrected chi connectivity index (χ1v) is 9.20. The molecule has 1 aromatic carbocycles. The van der Waals surface area contributed by atoms with Gasteiger partial charge >= 0.3 is 0 Å². The van der Waals surface area contributed by atoms with Gasteiger partial charge in [-0.15, -0.1) is 12.4 Å². The number of halogens is 1. The number of imidazole rings is 1. The number of nitrogens with two attached hydrogens (primary N) is 3. The number of hydrogen-bond donors (Lipinski definition) is 3. The minimum atomic E-state index is 0. The highest BCUT2D eigenvalue weighted by Crippen LogP contribution is 2.29. The number of rotatable bonds is 8. The molecule has 0 atom stereocenters. The molecule has 3 aromatic rings. The monoisotopic (exact) mass is 389 g/mol. The lowest BCUT2D eigenvalue weighted by Gasteiger charge is -2.10. The van der Waals surface area contributed by atoms with E-state index in [1.807, 2.05) is 18.2 Å². The van der Waals surface area contributed by atoms with Crippen LogP contribution in [0.15, 0.2) is 29.3 Å². The van der Waals surface area contributed by atoms with E-state index in [0.717, 1.165) is 66.4 Å². The highest BCUT2D eigenvalue weighted by Gasteiger charge is 2.16. The minimum absolute atomic E-state index is 0. The largest absolute Gasteiger partial charge is 0.382 e. The molecule has 3 rings (SSSR count). The predicted octanol–water partition coefficient (Wildman–Crippen LogP) is 2.98. The van der Waals surface area contributed by atoms with Gasteiger partial charge in [0.05, 0.1) is 11.0 Å². The van der Waals surface area contributed by atoms with E-state index in [2.05, 4.69) is 27.5 Å². The Labute approximate surface area is 165 Å². The highest BCUT2D eigenvalue weighted by atomic mass is 35.5. The van der Waals surface area contributed by atoms with E-state index >= 15 is 0 Å². The van der Waals surface area contributed by atoms with Crippen LogP contribution in [0.25, 0.3) is 21.9 Å². The molecule has 0 bridgehead atoms. The lowest BCUT2D eigenvalue weighted by atomic mass is 10.2. The van der Waals surface area contributed by atoms with Crippen molar-refractivity contribution >= 4 is 46.1 Å². The molecule has 0 radical (unpaired) electrons. The molecule has 0 saturated heterocycles. The first-order chi connectivity index (χ1) is 12.6. The molecule has 2 aromatic heterocycles. The summed E-state index contributed by atoms with van der Waals surface area (Å²) in [6, 6.07) is 8.09. The number of aromatic nitrogens is 3. The van der Waals surface area contributed by atoms with Gasteiger partial charge < -0.3 is 21.8 Å². The number of benzene rings is 1. The van der Waals surface area contributed by atoms with E-state index in [1.54, 1.807) is 0 Å². The van der Waals surface area contributed by atoms with Gasteiger partial charge in [0.15, 0.2) is 11.8 Å². The van der Waals surface area contributed by atoms with Gasteiger partial charge in [-0.05, 0) is 25.3 Å². The number of pyridine rings is 1. The van der Waals surface area contributed by atoms with Crippen LogP contribution in [0.3, 0.4) is 0 Å². The third-order valence-electron chi connectivity index (χ3n) is 4.53. The van der Waals surface area contributed by atoms with Crippen LogP contribution in [0.4, 0.5) is 5.82 Å². The molecule has 0 fully saturated rings. The summed E-state index contributed by atoms with van der Waals surface area (Å²) in [5.41, 5.74) is 19.8. The Balaban J connectivity index is 0.00000261. The number of fused-ring (bicyclic) bond motifs is 3. The van der Waals surface area contributed by atoms with E-state index < -0.39 is 0 Å². The third-order valence-corrected chi connectivity index (χ3v) is 4.53. The zero-order valence-corrected chi connectivity index (χ0v) is 16.5. The summed E-state index contributed by atoms with van der Waals surface area (Å²) in [5.74, 6) is 1.72. The molecule has 27 heavy (non-hydrogen) atoms. The van der Waals surface area contributed by atoms with E-state index in [4.69, 9.17) is 22.2 Å². The number of hydrogen-bond acceptors (Lipinski definition) is 4. The highest BCUT2D eigenvalue weighted by molar-refractivity contribution is 6.06. The van der Waals surface area contributed by atoms with Gasteiger partial charge in [0.25, 0.3) is 0 Å². The minimum Gasteiger partial charge on any atom is -0.382 e. The Morgan fingerprint density at radius 2 is 1.89 bits per heavy atom. The lowest BCUT2D eigenvalue weighted by Crippen LogP contribution is -2.23. The average Bonchev–Trinajstić information content (AvgIpc) is 2.99. The van der Waals surface area contributed by atoms with Crippen LogP contribution < -0.4 is 17.2 Å². The summed E-state index contributed by atoms with van der Waals surface area (Å²) in [5, 5.41) is 1.09. The first kappa shape index (κ1) is 20.8. The van der Waals surface area contributed by atoms with Crippen molar-refractivity contribution < 1.29 is 0 Å². The van der Waals surface area contributed by atoms with Crippen molar-refractivity contribution in [2.75, 3.05) is 12.3 Å². The molecule has 6 N–H and O–H groups in total. The summed E-state index contributed by atoms with van der Waals surface area (Å²) >= 11 is 0. The summed E-state index contributed by atoms with van der Waals surface area (Å²) in [6.45, 7) is 3.69. The van der Waals surface area contributed by atoms with Crippen molar-refractivity contribution in [1.29, 1.82) is 0 Å². The third kappa shape index (κ3) is 4.60. The summed E-state index contributed by atoms with van der Waals surface area (Å²) in [6.07, 6.45) is 5.05. The van der Waals surface area contributed by atoms with E-state index in [-0.39, 0.29) is 18.4 Å². The van der Waals surface area contributed by atoms with Crippen LogP contribution in [0, 0.1) is 0 Å². The SMILES string of the molecule is CCCCc1nc2c(N)nc3ccccc3c2n1CCCCN=C(N)N.Cl. The molecule has 7 nitrogen and oxygen atoms in total. The Kier molecular flexibility index (Phi) is 7.24. The molecule has 0 amide bonds. The van der Waals surface area contributed by atoms with Crippen molar-refractivity contribution in [1.82, 2.24) is 14.5 Å². The Hall–Kier alpha value is -2.54. The molecular weight excluding hydrogens is 362 g/mol. The Morgan fingerprint density at radius 1 is 1.11 bits per heavy atom. The molecular formula is C19H28ClN7. The molecule has 0 spiro atoms. The van der Waals surface area contributed by atoms with Gasteiger partial charge in [-0.1, -0.05) is 31.5 Å². The van der Waals surface area contributed by atoms with Crippen molar-refractivity contribution in [2.45, 2.75) is 45.6 Å². The number of unbranched alkanes of at least 4 members (excludes halogenated alkanes) is 2. The fourth-order valence-electron chi connectivity index (χ4n) is 3.26. The topological polar surface area (TPSA) is 121 Å². The number of guanidine groups is 1. The Morgan fingerprint density at radius 3 is 2.63 bits per heavy atom. The van der Waals surface area contributed by atoms with Crippen LogP contribution in [0.5, 0.6) is 0 Å². The molecule has 0 aliphatic heterocycles. The number of anilines is 1. The molecule has 0 aliphatic rings. The van der Waals surface area contributed by atoms with Crippen molar-refractivity contribution in [2.24, 2.45) is 16.5 Å². The standard InChI is InChI=1S/C19H27N7.ClH/c1-2-3-10-15-25-16-17(26(15)12-7-6-11-23-19(21)22)13-8-4-5-9-14(13)24-18(16)20;/h4-5,8-9H,2-3,6-7,10-12H2,1H3,(H2,20,24)(H4,21,22,23);1H. The van der Waals surface area contributed by atoms with Crippen molar-refractivity contribution in [3.63, 3.8) is 0 Å². The molecule has 0 unspecified atom stereocenters. The van der Waals surface area contributed by atoms with Crippen molar-refractivity contribution in [3.8, 4) is 0 Å². The van der Waals surface area contributed by atoms with Crippen LogP contribution in [-0.2, 0) is 13.0 Å². The number of nitrogen functional groups attached to an aromatic ring is 1. The Bertz CT molecular complexity index is 929. The number of nitrogens with zero attached hydrogens (tertiary/aromatic N) is 4. The van der Waals surface area contributed by atoms with Crippen LogP contribution in [0.1, 0.15) is 38.4 Å². The van der Waals surface area contributed by atoms with Crippen LogP contribution in [0.2, 0.25) is 0 Å². The maximum absolute atomic E-state index is 6.21. The second-order valence-corrected chi connectivity index (χ2v) is 6.51. The summed E-state index contributed by atoms with van der Waals surface area (Å²) < 4.78 is 2.31. The maximum atomic E-state index is 6.21. The molecule has 0 saturated carbocycles. The fourth-order valence-corrected chi connectivity index (χ4v) is 3.26. The quantitative estimate of drug-likeness (QED) is 0.310. The predicted molar refractivity (Wildman–Crippen MR) is 115 cm³/mol. The van der Waals surface area contributed by atoms with Gasteiger partial charge in [-0.2, -0.15) is 0 Å². The van der Waals surface area contributed by atoms with Crippen molar-refractivity contribution in [3.05, 3.63) is 30.1 Å². The smallest absolute Gasteiger partial charge is 0.185 e. The van der Waals surface area contributed by atoms with E-state index in [1.165, 1.54) is 0 Å². The van der Waals surface area contributed by atoms with Crippen LogP contribution >= 0.6 is 12.4 Å². The second-order valence-electron chi connectivity index (χ2n) is 6.51. The maximum Gasteiger partial charge on any atom is 0.185 e. The second kappa shape index (κ2) is 9.41. The van der Waals surface area contributed by atoms with Crippen LogP contribution in [-0.4, -0.2) is 27.0 Å². The average molecular weight is 390 g/mol. The van der Waals surface area contributed by atoms with E-state index in [0.29, 0.717) is 12.4 Å². The number of aryl methyl sites for hydroxylation is 2. The normalized spacial score (nSPS) is 10.9. The molecule has 2 heterocycles. The first-order valence-electron chi connectivity index (χ1n) is 9.20. The van der Waals surface area contributed by atoms with Gasteiger partial charge in [0.1, 0.15) is 11.3 Å². The lowest BCUT2D eigenvalue weighted by molar-refractivity contribution is 0.593. The summed E-state index contributed by atoms with van der Waals surface area (Å²) in [4.78, 5) is 13.4. The number of para-hydroxylation sites is 1. The zero-order valence-electron chi connectivity index (χ0n) is 15.7. The molecule has 8 heteroatoms. The number of aliphatic imine (C=N–C) groups is 1. The zero-order chi connectivity index (χ0) is 18.5. The van der Waals surface area contributed by atoms with E-state index in [9.17, 15) is 0 Å². The summed E-state index contributed by atoms with van der Waals surface area (Å²) in [7, 11) is 0. The van der Waals surface area contributed by atoms with Gasteiger partial charge in [-0.3, -0.25) is 4.99 Å². The molecule has 146 valence electrons. The van der Waals surface area contributed by atoms with Gasteiger partial charge in [0, 0.05) is 24.9 Å².